The van der Waals surface area contributed by atoms with E-state index < -0.39 is 12.1 Å². The Labute approximate surface area is 92.5 Å². The van der Waals surface area contributed by atoms with Gasteiger partial charge >= 0.3 is 12.1 Å². The van der Waals surface area contributed by atoms with Gasteiger partial charge in [0.25, 0.3) is 0 Å². The molecule has 0 unspecified atom stereocenters. The van der Waals surface area contributed by atoms with E-state index in [2.05, 4.69) is 0 Å². The molecule has 0 aromatic rings. The van der Waals surface area contributed by atoms with Crippen molar-refractivity contribution >= 4 is 5.91 Å². The molecule has 0 aliphatic heterocycles. The third-order valence-electron chi connectivity index (χ3n) is 1.94. The maximum atomic E-state index is 12.2. The molecular weight excluding hydrogens is 225 g/mol. The lowest BCUT2D eigenvalue weighted by molar-refractivity contribution is -0.185. The van der Waals surface area contributed by atoms with E-state index in [-0.39, 0.29) is 19.6 Å². The van der Waals surface area contributed by atoms with Crippen molar-refractivity contribution in [1.29, 1.82) is 0 Å². The van der Waals surface area contributed by atoms with Gasteiger partial charge in [-0.1, -0.05) is 0 Å². The standard InChI is InChI=1S/C9H17F3N2O2/c1-16-7-3-6-14(5-2-4-13)8(15)9(10,11)12/h2-7,13H2,1H3. The van der Waals surface area contributed by atoms with Crippen molar-refractivity contribution in [2.24, 2.45) is 5.73 Å². The van der Waals surface area contributed by atoms with E-state index in [4.69, 9.17) is 10.5 Å². The smallest absolute Gasteiger partial charge is 0.385 e. The molecular formula is C9H17F3N2O2. The normalized spacial score (nSPS) is 11.6. The van der Waals surface area contributed by atoms with Crippen LogP contribution in [0.1, 0.15) is 12.8 Å². The summed E-state index contributed by atoms with van der Waals surface area (Å²) in [6.07, 6.45) is -4.08. The first kappa shape index (κ1) is 15.2. The molecule has 0 spiro atoms. The van der Waals surface area contributed by atoms with Gasteiger partial charge in [-0.2, -0.15) is 13.2 Å². The Morgan fingerprint density at radius 3 is 2.31 bits per heavy atom. The molecule has 0 bridgehead atoms. The SMILES string of the molecule is COCCCN(CCCN)C(=O)C(F)(F)F. The topological polar surface area (TPSA) is 55.6 Å². The van der Waals surface area contributed by atoms with Crippen LogP contribution in [0.2, 0.25) is 0 Å². The van der Waals surface area contributed by atoms with Crippen LogP contribution in [0.25, 0.3) is 0 Å². The van der Waals surface area contributed by atoms with Crippen molar-refractivity contribution in [2.75, 3.05) is 33.4 Å². The largest absolute Gasteiger partial charge is 0.471 e. The number of methoxy groups -OCH3 is 1. The van der Waals surface area contributed by atoms with Gasteiger partial charge in [0.2, 0.25) is 0 Å². The Hall–Kier alpha value is -0.820. The van der Waals surface area contributed by atoms with Gasteiger partial charge in [0, 0.05) is 26.8 Å². The molecule has 0 aromatic heterocycles. The molecule has 0 atom stereocenters. The van der Waals surface area contributed by atoms with Gasteiger partial charge in [-0.3, -0.25) is 4.79 Å². The Balaban J connectivity index is 4.24. The predicted octanol–water partition coefficient (Wildman–Crippen LogP) is 0.763. The Kier molecular flexibility index (Phi) is 7.07. The van der Waals surface area contributed by atoms with Gasteiger partial charge in [0.1, 0.15) is 0 Å². The van der Waals surface area contributed by atoms with Crippen molar-refractivity contribution < 1.29 is 22.7 Å². The second-order valence-corrected chi connectivity index (χ2v) is 3.28. The zero-order valence-corrected chi connectivity index (χ0v) is 9.22. The van der Waals surface area contributed by atoms with Crippen LogP contribution in [0.3, 0.4) is 0 Å². The van der Waals surface area contributed by atoms with Gasteiger partial charge in [-0.05, 0) is 19.4 Å². The van der Waals surface area contributed by atoms with E-state index in [1.54, 1.807) is 0 Å². The highest BCUT2D eigenvalue weighted by Gasteiger charge is 2.41. The third kappa shape index (κ3) is 5.92. The number of nitrogens with zero attached hydrogens (tertiary/aromatic N) is 1. The number of rotatable bonds is 7. The minimum Gasteiger partial charge on any atom is -0.385 e. The number of hydrogen-bond acceptors (Lipinski definition) is 3. The van der Waals surface area contributed by atoms with Crippen LogP contribution in [0, 0.1) is 0 Å². The lowest BCUT2D eigenvalue weighted by Crippen LogP contribution is -2.42. The highest BCUT2D eigenvalue weighted by atomic mass is 19.4. The van der Waals surface area contributed by atoms with Crippen molar-refractivity contribution in [2.45, 2.75) is 19.0 Å². The Morgan fingerprint density at radius 2 is 1.88 bits per heavy atom. The maximum Gasteiger partial charge on any atom is 0.471 e. The van der Waals surface area contributed by atoms with Gasteiger partial charge in [0.05, 0.1) is 0 Å². The average Bonchev–Trinajstić information content (AvgIpc) is 2.21. The second-order valence-electron chi connectivity index (χ2n) is 3.28. The summed E-state index contributed by atoms with van der Waals surface area (Å²) in [5, 5.41) is 0. The molecule has 7 heteroatoms. The van der Waals surface area contributed by atoms with Crippen LogP contribution in [0.5, 0.6) is 0 Å². The first-order valence-corrected chi connectivity index (χ1v) is 4.98. The van der Waals surface area contributed by atoms with E-state index in [1.807, 2.05) is 0 Å². The number of nitrogens with two attached hydrogens (primary N) is 1. The third-order valence-corrected chi connectivity index (χ3v) is 1.94. The maximum absolute atomic E-state index is 12.2. The summed E-state index contributed by atoms with van der Waals surface area (Å²) in [4.78, 5) is 11.8. The lowest BCUT2D eigenvalue weighted by atomic mass is 10.3. The molecule has 0 aliphatic carbocycles. The van der Waals surface area contributed by atoms with Crippen LogP contribution in [-0.4, -0.2) is 50.3 Å². The molecule has 0 rings (SSSR count). The minimum atomic E-state index is -4.82. The van der Waals surface area contributed by atoms with Crippen LogP contribution < -0.4 is 5.73 Å². The summed E-state index contributed by atoms with van der Waals surface area (Å²) in [6.45, 7) is 0.640. The number of hydrogen-bond donors (Lipinski definition) is 1. The zero-order chi connectivity index (χ0) is 12.6. The fraction of sp³-hybridized carbons (Fsp3) is 0.889. The summed E-state index contributed by atoms with van der Waals surface area (Å²) >= 11 is 0. The lowest BCUT2D eigenvalue weighted by Gasteiger charge is -2.23. The van der Waals surface area contributed by atoms with Crippen molar-refractivity contribution in [3.8, 4) is 0 Å². The average molecular weight is 242 g/mol. The van der Waals surface area contributed by atoms with Crippen LogP contribution in [0.15, 0.2) is 0 Å². The second kappa shape index (κ2) is 7.45. The molecule has 96 valence electrons. The first-order chi connectivity index (χ1) is 7.43. The summed E-state index contributed by atoms with van der Waals surface area (Å²) in [5.74, 6) is -1.81. The number of halogens is 3. The molecule has 0 aromatic carbocycles. The Morgan fingerprint density at radius 1 is 1.31 bits per heavy atom. The number of amides is 1. The first-order valence-electron chi connectivity index (χ1n) is 4.98. The van der Waals surface area contributed by atoms with Crippen molar-refractivity contribution in [3.63, 3.8) is 0 Å². The summed E-state index contributed by atoms with van der Waals surface area (Å²) in [6, 6.07) is 0. The molecule has 1 amide bonds. The zero-order valence-electron chi connectivity index (χ0n) is 9.22. The highest BCUT2D eigenvalue weighted by molar-refractivity contribution is 5.81. The van der Waals surface area contributed by atoms with Gasteiger partial charge in [-0.15, -0.1) is 0 Å². The van der Waals surface area contributed by atoms with Crippen molar-refractivity contribution in [1.82, 2.24) is 4.90 Å². The number of carbonyl (C=O) groups is 1. The monoisotopic (exact) mass is 242 g/mol. The quantitative estimate of drug-likeness (QED) is 0.671. The molecule has 0 radical (unpaired) electrons. The fourth-order valence-electron chi connectivity index (χ4n) is 1.18. The van der Waals surface area contributed by atoms with Crippen LogP contribution >= 0.6 is 0 Å². The molecule has 0 fully saturated rings. The van der Waals surface area contributed by atoms with E-state index in [9.17, 15) is 18.0 Å². The van der Waals surface area contributed by atoms with Crippen LogP contribution in [0.4, 0.5) is 13.2 Å². The molecule has 0 heterocycles. The van der Waals surface area contributed by atoms with E-state index in [0.717, 1.165) is 4.90 Å². The number of ether oxygens (including phenoxy) is 1. The molecule has 4 nitrogen and oxygen atoms in total. The minimum absolute atomic E-state index is 0.0263. The van der Waals surface area contributed by atoms with Gasteiger partial charge in [-0.25, -0.2) is 0 Å². The summed E-state index contributed by atoms with van der Waals surface area (Å²) < 4.78 is 41.3. The number of carbonyl (C=O) groups excluding carboxylic acids is 1. The molecule has 0 saturated carbocycles. The molecule has 16 heavy (non-hydrogen) atoms. The highest BCUT2D eigenvalue weighted by Crippen LogP contribution is 2.18. The van der Waals surface area contributed by atoms with E-state index >= 15 is 0 Å². The van der Waals surface area contributed by atoms with E-state index in [1.165, 1.54) is 7.11 Å². The fourth-order valence-corrected chi connectivity index (χ4v) is 1.18. The molecule has 2 N–H and O–H groups in total. The van der Waals surface area contributed by atoms with Crippen LogP contribution in [-0.2, 0) is 9.53 Å². The Bertz CT molecular complexity index is 209. The van der Waals surface area contributed by atoms with Gasteiger partial charge < -0.3 is 15.4 Å². The van der Waals surface area contributed by atoms with Gasteiger partial charge in [0.15, 0.2) is 0 Å². The van der Waals surface area contributed by atoms with Crippen molar-refractivity contribution in [3.05, 3.63) is 0 Å². The summed E-state index contributed by atoms with van der Waals surface area (Å²) in [5.41, 5.74) is 5.20. The predicted molar refractivity (Wildman–Crippen MR) is 52.8 cm³/mol. The number of alkyl halides is 3. The molecule has 0 aliphatic rings. The summed E-state index contributed by atoms with van der Waals surface area (Å²) in [7, 11) is 1.45. The van der Waals surface area contributed by atoms with E-state index in [0.29, 0.717) is 19.4 Å². The molecule has 0 saturated heterocycles.